The summed E-state index contributed by atoms with van der Waals surface area (Å²) in [4.78, 5) is 11.9. The van der Waals surface area contributed by atoms with E-state index >= 15 is 0 Å². The molecule has 0 unspecified atom stereocenters. The standard InChI is InChI=1S/C24H28O4Se/c1-26-24(25)23(16-8-11-19-29-22-14-6-3-7-15-22)28-18-10-9-17-27-20-21-12-4-2-5-13-21/h2-7,9-10,12-16H,8,11,17-20H2,1H3/b10-9-,23-16?. The summed E-state index contributed by atoms with van der Waals surface area (Å²) in [6, 6.07) is 20.5. The fourth-order valence-corrected chi connectivity index (χ4v) is 4.30. The van der Waals surface area contributed by atoms with Gasteiger partial charge in [-0.1, -0.05) is 30.3 Å². The van der Waals surface area contributed by atoms with Gasteiger partial charge in [0, 0.05) is 0 Å². The molecule has 154 valence electrons. The van der Waals surface area contributed by atoms with E-state index in [-0.39, 0.29) is 5.76 Å². The van der Waals surface area contributed by atoms with Crippen molar-refractivity contribution in [2.45, 2.75) is 24.8 Å². The quantitative estimate of drug-likeness (QED) is 0.113. The number of hydrogen-bond acceptors (Lipinski definition) is 4. The zero-order valence-electron chi connectivity index (χ0n) is 16.8. The van der Waals surface area contributed by atoms with Crippen LogP contribution in [-0.2, 0) is 25.6 Å². The first-order valence-electron chi connectivity index (χ1n) is 9.65. The van der Waals surface area contributed by atoms with Gasteiger partial charge in [-0.25, -0.2) is 0 Å². The maximum absolute atomic E-state index is 11.9. The van der Waals surface area contributed by atoms with Crippen LogP contribution < -0.4 is 4.46 Å². The molecule has 0 radical (unpaired) electrons. The van der Waals surface area contributed by atoms with Gasteiger partial charge in [-0.05, 0) is 5.56 Å². The topological polar surface area (TPSA) is 44.8 Å². The smallest absolute Gasteiger partial charge is 0.0622 e. The third-order valence-electron chi connectivity index (χ3n) is 3.90. The Kier molecular flexibility index (Phi) is 11.6. The molecule has 0 aliphatic heterocycles. The van der Waals surface area contributed by atoms with Crippen molar-refractivity contribution in [2.24, 2.45) is 0 Å². The number of hydrogen-bond donors (Lipinski definition) is 0. The molecule has 0 amide bonds. The number of carbonyl (C=O) groups is 1. The molecule has 0 saturated carbocycles. The Morgan fingerprint density at radius 2 is 1.66 bits per heavy atom. The van der Waals surface area contributed by atoms with E-state index in [4.69, 9.17) is 14.2 Å². The summed E-state index contributed by atoms with van der Waals surface area (Å²) in [6.07, 6.45) is 7.37. The summed E-state index contributed by atoms with van der Waals surface area (Å²) in [5.74, 6) is -0.165. The molecule has 0 bridgehead atoms. The van der Waals surface area contributed by atoms with Gasteiger partial charge in [0.2, 0.25) is 0 Å². The molecule has 0 spiro atoms. The summed E-state index contributed by atoms with van der Waals surface area (Å²) in [6.45, 7) is 1.38. The van der Waals surface area contributed by atoms with E-state index in [1.54, 1.807) is 0 Å². The number of esters is 1. The minimum atomic E-state index is -0.438. The monoisotopic (exact) mass is 460 g/mol. The molecule has 0 aromatic heterocycles. The van der Waals surface area contributed by atoms with Crippen LogP contribution in [-0.4, -0.2) is 41.2 Å². The van der Waals surface area contributed by atoms with Crippen LogP contribution in [0, 0.1) is 0 Å². The van der Waals surface area contributed by atoms with E-state index in [2.05, 4.69) is 24.3 Å². The van der Waals surface area contributed by atoms with E-state index in [0.29, 0.717) is 34.8 Å². The second kappa shape index (κ2) is 14.6. The maximum atomic E-state index is 11.9. The third-order valence-corrected chi connectivity index (χ3v) is 6.21. The van der Waals surface area contributed by atoms with E-state index in [1.165, 1.54) is 11.6 Å². The molecule has 0 heterocycles. The van der Waals surface area contributed by atoms with Crippen LogP contribution in [0.15, 0.2) is 84.7 Å². The van der Waals surface area contributed by atoms with E-state index in [0.717, 1.165) is 23.7 Å². The third kappa shape index (κ3) is 10.1. The second-order valence-corrected chi connectivity index (χ2v) is 8.60. The molecule has 4 nitrogen and oxygen atoms in total. The van der Waals surface area contributed by atoms with Crippen LogP contribution in [0.2, 0.25) is 5.32 Å². The van der Waals surface area contributed by atoms with E-state index in [1.807, 2.05) is 54.6 Å². The molecule has 0 aliphatic rings. The Bertz CT molecular complexity index is 757. The number of benzene rings is 2. The molecule has 0 aliphatic carbocycles. The minimum absolute atomic E-state index is 0.273. The van der Waals surface area contributed by atoms with Gasteiger partial charge in [0.1, 0.15) is 0 Å². The summed E-state index contributed by atoms with van der Waals surface area (Å²) in [5.41, 5.74) is 1.14. The van der Waals surface area contributed by atoms with Crippen LogP contribution >= 0.6 is 0 Å². The number of rotatable bonds is 13. The summed E-state index contributed by atoms with van der Waals surface area (Å²) in [7, 11) is 1.37. The van der Waals surface area contributed by atoms with Crippen molar-refractivity contribution in [3.05, 3.63) is 90.2 Å². The van der Waals surface area contributed by atoms with Gasteiger partial charge in [0.25, 0.3) is 0 Å². The molecular formula is C24H28O4Se. The number of methoxy groups -OCH3 is 1. The Morgan fingerprint density at radius 3 is 2.38 bits per heavy atom. The van der Waals surface area contributed by atoms with Crippen molar-refractivity contribution in [2.75, 3.05) is 20.3 Å². The van der Waals surface area contributed by atoms with E-state index < -0.39 is 5.97 Å². The van der Waals surface area contributed by atoms with Gasteiger partial charge in [0.05, 0.1) is 0 Å². The Morgan fingerprint density at radius 1 is 0.966 bits per heavy atom. The summed E-state index contributed by atoms with van der Waals surface area (Å²) < 4.78 is 17.4. The molecule has 29 heavy (non-hydrogen) atoms. The zero-order valence-corrected chi connectivity index (χ0v) is 18.5. The SMILES string of the molecule is COC(=O)C(=CCCC[Se]c1ccccc1)OC/C=C\COCc1ccccc1. The first-order chi connectivity index (χ1) is 14.3. The van der Waals surface area contributed by atoms with Gasteiger partial charge < -0.3 is 0 Å². The molecule has 0 N–H and O–H groups in total. The average molecular weight is 459 g/mol. The Labute approximate surface area is 179 Å². The fraction of sp³-hybridized carbons (Fsp3) is 0.292. The number of allylic oxidation sites excluding steroid dienone is 1. The predicted molar refractivity (Wildman–Crippen MR) is 117 cm³/mol. The van der Waals surface area contributed by atoms with Crippen LogP contribution in [0.1, 0.15) is 18.4 Å². The van der Waals surface area contributed by atoms with Crippen LogP contribution in [0.4, 0.5) is 0 Å². The molecule has 2 aromatic rings. The Hall–Kier alpha value is -2.33. The van der Waals surface area contributed by atoms with Crippen molar-refractivity contribution in [3.63, 3.8) is 0 Å². The molecular weight excluding hydrogens is 431 g/mol. The number of ether oxygens (including phenoxy) is 3. The first kappa shape index (κ1) is 23.0. The van der Waals surface area contributed by atoms with Crippen LogP contribution in [0.3, 0.4) is 0 Å². The van der Waals surface area contributed by atoms with Crippen molar-refractivity contribution in [1.82, 2.24) is 0 Å². The number of carbonyl (C=O) groups excluding carboxylic acids is 1. The van der Waals surface area contributed by atoms with Gasteiger partial charge in [-0.2, -0.15) is 0 Å². The molecule has 0 atom stereocenters. The Balaban J connectivity index is 1.63. The normalized spacial score (nSPS) is 11.6. The summed E-state index contributed by atoms with van der Waals surface area (Å²) >= 11 is 0.462. The van der Waals surface area contributed by atoms with Crippen LogP contribution in [0.25, 0.3) is 0 Å². The van der Waals surface area contributed by atoms with Crippen molar-refractivity contribution >= 4 is 25.4 Å². The fourth-order valence-electron chi connectivity index (χ4n) is 2.42. The van der Waals surface area contributed by atoms with Crippen molar-refractivity contribution in [1.29, 1.82) is 0 Å². The van der Waals surface area contributed by atoms with Gasteiger partial charge >= 0.3 is 144 Å². The van der Waals surface area contributed by atoms with Gasteiger partial charge in [-0.3, -0.25) is 0 Å². The predicted octanol–water partition coefficient (Wildman–Crippen LogP) is 4.06. The summed E-state index contributed by atoms with van der Waals surface area (Å²) in [5, 5.41) is 1.13. The second-order valence-electron chi connectivity index (χ2n) is 6.15. The molecule has 2 rings (SSSR count). The first-order valence-corrected chi connectivity index (χ1v) is 11.7. The van der Waals surface area contributed by atoms with Crippen molar-refractivity contribution < 1.29 is 19.0 Å². The average Bonchev–Trinajstić information content (AvgIpc) is 2.77. The molecule has 2 aromatic carbocycles. The molecule has 0 fully saturated rings. The number of unbranched alkanes of at least 4 members (excludes halogenated alkanes) is 1. The van der Waals surface area contributed by atoms with E-state index in [9.17, 15) is 4.79 Å². The molecule has 5 heteroatoms. The molecule has 0 saturated heterocycles. The van der Waals surface area contributed by atoms with Gasteiger partial charge in [-0.15, -0.1) is 0 Å². The van der Waals surface area contributed by atoms with Gasteiger partial charge in [0.15, 0.2) is 0 Å². The minimum Gasteiger partial charge on any atom is -0.0622 e. The zero-order chi connectivity index (χ0) is 20.6. The van der Waals surface area contributed by atoms with Crippen molar-refractivity contribution in [3.8, 4) is 0 Å². The van der Waals surface area contributed by atoms with Crippen LogP contribution in [0.5, 0.6) is 0 Å².